The summed E-state index contributed by atoms with van der Waals surface area (Å²) in [6, 6.07) is 20.0. The Labute approximate surface area is 131 Å². The number of rotatable bonds is 2. The van der Waals surface area contributed by atoms with Gasteiger partial charge in [0.2, 0.25) is 0 Å². The molecule has 0 saturated carbocycles. The third-order valence-corrected chi connectivity index (χ3v) is 4.09. The lowest BCUT2D eigenvalue weighted by Gasteiger charge is -2.11. The van der Waals surface area contributed by atoms with Gasteiger partial charge in [-0.05, 0) is 66.3 Å². The van der Waals surface area contributed by atoms with Gasteiger partial charge in [-0.1, -0.05) is 54.1 Å². The Morgan fingerprint density at radius 1 is 0.591 bits per heavy atom. The molecule has 110 valence electrons. The van der Waals surface area contributed by atoms with Crippen LogP contribution < -0.4 is 0 Å². The molecule has 0 aromatic heterocycles. The number of aryl methyl sites for hydroxylation is 3. The van der Waals surface area contributed by atoms with Gasteiger partial charge in [-0.15, -0.1) is 0 Å². The van der Waals surface area contributed by atoms with Gasteiger partial charge in [0.1, 0.15) is 5.82 Å². The molecule has 0 aliphatic rings. The normalized spacial score (nSPS) is 10.7. The van der Waals surface area contributed by atoms with E-state index in [0.717, 1.165) is 16.7 Å². The largest absolute Gasteiger partial charge is 0.207 e. The molecule has 0 N–H and O–H groups in total. The molecule has 3 aromatic carbocycles. The van der Waals surface area contributed by atoms with Crippen LogP contribution in [0.15, 0.2) is 60.7 Å². The maximum atomic E-state index is 13.3. The molecule has 0 spiro atoms. The summed E-state index contributed by atoms with van der Waals surface area (Å²) in [7, 11) is 0. The van der Waals surface area contributed by atoms with E-state index in [1.54, 1.807) is 6.07 Å². The molecule has 3 aromatic rings. The van der Waals surface area contributed by atoms with Crippen LogP contribution >= 0.6 is 0 Å². The summed E-state index contributed by atoms with van der Waals surface area (Å²) in [5.41, 5.74) is 8.13. The highest BCUT2D eigenvalue weighted by Gasteiger charge is 2.07. The zero-order valence-electron chi connectivity index (χ0n) is 13.2. The van der Waals surface area contributed by atoms with Crippen molar-refractivity contribution in [1.82, 2.24) is 0 Å². The van der Waals surface area contributed by atoms with Gasteiger partial charge in [0.05, 0.1) is 0 Å². The SMILES string of the molecule is Cc1ccc(-c2ccc(-c3ccc(F)cc3C)cc2C)cc1. The average Bonchev–Trinajstić information content (AvgIpc) is 2.48. The van der Waals surface area contributed by atoms with E-state index < -0.39 is 0 Å². The van der Waals surface area contributed by atoms with E-state index in [1.807, 2.05) is 13.0 Å². The second-order valence-corrected chi connectivity index (χ2v) is 5.85. The molecule has 0 bridgehead atoms. The highest BCUT2D eigenvalue weighted by atomic mass is 19.1. The first-order valence-electron chi connectivity index (χ1n) is 7.49. The standard InChI is InChI=1S/C21H19F/c1-14-4-6-17(7-5-14)20-10-8-18(12-15(20)2)21-11-9-19(22)13-16(21)3/h4-13H,1-3H3. The van der Waals surface area contributed by atoms with Crippen molar-refractivity contribution in [3.8, 4) is 22.3 Å². The summed E-state index contributed by atoms with van der Waals surface area (Å²) >= 11 is 0. The maximum Gasteiger partial charge on any atom is 0.123 e. The fraction of sp³-hybridized carbons (Fsp3) is 0.143. The third kappa shape index (κ3) is 2.80. The third-order valence-electron chi connectivity index (χ3n) is 4.09. The van der Waals surface area contributed by atoms with Crippen LogP contribution in [0.3, 0.4) is 0 Å². The Hall–Kier alpha value is -2.41. The van der Waals surface area contributed by atoms with Crippen molar-refractivity contribution in [3.05, 3.63) is 83.2 Å². The van der Waals surface area contributed by atoms with Gasteiger partial charge < -0.3 is 0 Å². The molecule has 0 atom stereocenters. The topological polar surface area (TPSA) is 0 Å². The monoisotopic (exact) mass is 290 g/mol. The average molecular weight is 290 g/mol. The predicted molar refractivity (Wildman–Crippen MR) is 91.5 cm³/mol. The summed E-state index contributed by atoms with van der Waals surface area (Å²) in [5.74, 6) is -0.186. The summed E-state index contributed by atoms with van der Waals surface area (Å²) in [6.07, 6.45) is 0. The molecular weight excluding hydrogens is 271 g/mol. The zero-order valence-corrected chi connectivity index (χ0v) is 13.2. The summed E-state index contributed by atoms with van der Waals surface area (Å²) in [4.78, 5) is 0. The fourth-order valence-corrected chi connectivity index (χ4v) is 2.84. The van der Waals surface area contributed by atoms with Gasteiger partial charge in [0.15, 0.2) is 0 Å². The highest BCUT2D eigenvalue weighted by molar-refractivity contribution is 5.75. The van der Waals surface area contributed by atoms with Crippen molar-refractivity contribution >= 4 is 0 Å². The van der Waals surface area contributed by atoms with Crippen molar-refractivity contribution in [1.29, 1.82) is 0 Å². The van der Waals surface area contributed by atoms with Crippen LogP contribution in [-0.2, 0) is 0 Å². The van der Waals surface area contributed by atoms with E-state index in [4.69, 9.17) is 0 Å². The lowest BCUT2D eigenvalue weighted by atomic mass is 9.94. The maximum absolute atomic E-state index is 13.3. The Morgan fingerprint density at radius 3 is 1.77 bits per heavy atom. The lowest BCUT2D eigenvalue weighted by molar-refractivity contribution is 0.627. The Morgan fingerprint density at radius 2 is 1.14 bits per heavy atom. The zero-order chi connectivity index (χ0) is 15.7. The second kappa shape index (κ2) is 5.76. The van der Waals surface area contributed by atoms with Crippen LogP contribution in [0.2, 0.25) is 0 Å². The van der Waals surface area contributed by atoms with Crippen molar-refractivity contribution in [2.75, 3.05) is 0 Å². The lowest BCUT2D eigenvalue weighted by Crippen LogP contribution is -1.89. The minimum atomic E-state index is -0.186. The molecule has 0 aliphatic heterocycles. The Balaban J connectivity index is 2.03. The summed E-state index contributed by atoms with van der Waals surface area (Å²) in [6.45, 7) is 6.16. The van der Waals surface area contributed by atoms with Crippen LogP contribution in [0, 0.1) is 26.6 Å². The molecule has 0 unspecified atom stereocenters. The summed E-state index contributed by atoms with van der Waals surface area (Å²) < 4.78 is 13.3. The first-order valence-corrected chi connectivity index (χ1v) is 7.49. The molecule has 0 saturated heterocycles. The quantitative estimate of drug-likeness (QED) is 0.536. The molecule has 0 nitrogen and oxygen atoms in total. The molecule has 3 rings (SSSR count). The van der Waals surface area contributed by atoms with E-state index in [2.05, 4.69) is 56.3 Å². The van der Waals surface area contributed by atoms with Crippen molar-refractivity contribution in [2.45, 2.75) is 20.8 Å². The number of halogens is 1. The van der Waals surface area contributed by atoms with E-state index >= 15 is 0 Å². The molecule has 1 heteroatoms. The Kier molecular flexibility index (Phi) is 3.81. The second-order valence-electron chi connectivity index (χ2n) is 5.85. The highest BCUT2D eigenvalue weighted by Crippen LogP contribution is 2.30. The van der Waals surface area contributed by atoms with Gasteiger partial charge in [0, 0.05) is 0 Å². The molecule has 0 aliphatic carbocycles. The molecule has 0 radical (unpaired) electrons. The van der Waals surface area contributed by atoms with Crippen LogP contribution in [0.25, 0.3) is 22.3 Å². The van der Waals surface area contributed by atoms with Gasteiger partial charge in [-0.3, -0.25) is 0 Å². The van der Waals surface area contributed by atoms with Gasteiger partial charge in [-0.25, -0.2) is 4.39 Å². The first kappa shape index (κ1) is 14.5. The first-order chi connectivity index (χ1) is 10.5. The minimum absolute atomic E-state index is 0.186. The Bertz CT molecular complexity index is 814. The van der Waals surface area contributed by atoms with Gasteiger partial charge >= 0.3 is 0 Å². The van der Waals surface area contributed by atoms with Crippen molar-refractivity contribution in [3.63, 3.8) is 0 Å². The summed E-state index contributed by atoms with van der Waals surface area (Å²) in [5, 5.41) is 0. The van der Waals surface area contributed by atoms with Crippen LogP contribution in [0.1, 0.15) is 16.7 Å². The molecular formula is C21H19F. The van der Waals surface area contributed by atoms with Crippen molar-refractivity contribution in [2.24, 2.45) is 0 Å². The molecule has 0 amide bonds. The predicted octanol–water partition coefficient (Wildman–Crippen LogP) is 6.08. The molecule has 0 fully saturated rings. The number of hydrogen-bond acceptors (Lipinski definition) is 0. The van der Waals surface area contributed by atoms with E-state index in [9.17, 15) is 4.39 Å². The molecule has 22 heavy (non-hydrogen) atoms. The van der Waals surface area contributed by atoms with Crippen LogP contribution in [0.5, 0.6) is 0 Å². The minimum Gasteiger partial charge on any atom is -0.207 e. The van der Waals surface area contributed by atoms with Crippen molar-refractivity contribution < 1.29 is 4.39 Å². The van der Waals surface area contributed by atoms with Gasteiger partial charge in [0.25, 0.3) is 0 Å². The number of hydrogen-bond donors (Lipinski definition) is 0. The van der Waals surface area contributed by atoms with E-state index in [-0.39, 0.29) is 5.82 Å². The van der Waals surface area contributed by atoms with Crippen LogP contribution in [-0.4, -0.2) is 0 Å². The molecule has 0 heterocycles. The van der Waals surface area contributed by atoms with E-state index in [0.29, 0.717) is 0 Å². The smallest absolute Gasteiger partial charge is 0.123 e. The fourth-order valence-electron chi connectivity index (χ4n) is 2.84. The number of benzene rings is 3. The van der Waals surface area contributed by atoms with Crippen LogP contribution in [0.4, 0.5) is 4.39 Å². The van der Waals surface area contributed by atoms with E-state index in [1.165, 1.54) is 28.3 Å². The van der Waals surface area contributed by atoms with Gasteiger partial charge in [-0.2, -0.15) is 0 Å².